The molecule has 0 N–H and O–H groups in total. The number of anilines is 1. The van der Waals surface area contributed by atoms with Crippen molar-refractivity contribution in [2.24, 2.45) is 0 Å². The third-order valence-corrected chi connectivity index (χ3v) is 4.49. The lowest BCUT2D eigenvalue weighted by atomic mass is 10.3. The maximum atomic E-state index is 12.1. The van der Waals surface area contributed by atoms with Crippen molar-refractivity contribution in [2.45, 2.75) is 12.3 Å². The van der Waals surface area contributed by atoms with E-state index in [4.69, 9.17) is 27.6 Å². The van der Waals surface area contributed by atoms with Crippen LogP contribution in [0.25, 0.3) is 0 Å². The van der Waals surface area contributed by atoms with Crippen LogP contribution in [0.3, 0.4) is 0 Å². The Morgan fingerprint density at radius 1 is 1.40 bits per heavy atom. The van der Waals surface area contributed by atoms with Gasteiger partial charge in [-0.1, -0.05) is 23.2 Å². The van der Waals surface area contributed by atoms with Crippen LogP contribution in [0.4, 0.5) is 6.01 Å². The minimum absolute atomic E-state index is 0.127. The van der Waals surface area contributed by atoms with Crippen LogP contribution < -0.4 is 4.90 Å². The van der Waals surface area contributed by atoms with E-state index in [-0.39, 0.29) is 28.0 Å². The summed E-state index contributed by atoms with van der Waals surface area (Å²) in [7, 11) is 0. The number of halogens is 2. The summed E-state index contributed by atoms with van der Waals surface area (Å²) in [5.41, 5.74) is 1.17. The maximum absolute atomic E-state index is 12.1. The van der Waals surface area contributed by atoms with Gasteiger partial charge in [0, 0.05) is 0 Å². The van der Waals surface area contributed by atoms with Crippen molar-refractivity contribution in [3.63, 3.8) is 0 Å². The van der Waals surface area contributed by atoms with Gasteiger partial charge in [0.1, 0.15) is 28.3 Å². The van der Waals surface area contributed by atoms with Crippen molar-refractivity contribution in [3.05, 3.63) is 34.2 Å². The van der Waals surface area contributed by atoms with E-state index in [0.717, 1.165) is 0 Å². The molecule has 2 aromatic heterocycles. The normalized spacial score (nSPS) is 18.9. The van der Waals surface area contributed by atoms with Crippen molar-refractivity contribution in [1.82, 2.24) is 15.0 Å². The zero-order valence-corrected chi connectivity index (χ0v) is 12.5. The molecule has 1 atom stereocenters. The molecule has 0 aromatic carbocycles. The summed E-state index contributed by atoms with van der Waals surface area (Å²) < 4.78 is 5.30. The molecule has 0 spiro atoms. The quantitative estimate of drug-likeness (QED) is 0.788. The minimum Gasteiger partial charge on any atom is -0.431 e. The molecule has 104 valence electrons. The summed E-state index contributed by atoms with van der Waals surface area (Å²) in [6, 6.07) is 0.221. The Kier molecular flexibility index (Phi) is 3.57. The van der Waals surface area contributed by atoms with Crippen molar-refractivity contribution in [1.29, 1.82) is 0 Å². The molecule has 1 saturated heterocycles. The number of amides is 1. The summed E-state index contributed by atoms with van der Waals surface area (Å²) in [4.78, 5) is 25.5. The average molecular weight is 331 g/mol. The molecule has 0 radical (unpaired) electrons. The Labute approximate surface area is 128 Å². The van der Waals surface area contributed by atoms with Gasteiger partial charge in [-0.05, 0) is 6.92 Å². The van der Waals surface area contributed by atoms with E-state index in [9.17, 15) is 4.79 Å². The second kappa shape index (κ2) is 5.23. The lowest BCUT2D eigenvalue weighted by Crippen LogP contribution is -2.28. The number of thioether (sulfide) groups is 1. The summed E-state index contributed by atoms with van der Waals surface area (Å²) >= 11 is 13.5. The van der Waals surface area contributed by atoms with E-state index in [1.165, 1.54) is 29.3 Å². The van der Waals surface area contributed by atoms with Gasteiger partial charge in [-0.2, -0.15) is 4.98 Å². The molecule has 1 aliphatic rings. The number of oxazole rings is 1. The van der Waals surface area contributed by atoms with Crippen LogP contribution in [0.1, 0.15) is 16.6 Å². The van der Waals surface area contributed by atoms with E-state index in [1.54, 1.807) is 6.92 Å². The summed E-state index contributed by atoms with van der Waals surface area (Å²) in [5, 5.41) is -0.0160. The van der Waals surface area contributed by atoms with Gasteiger partial charge in [-0.25, -0.2) is 14.9 Å². The molecule has 2 aromatic rings. The molecule has 1 fully saturated rings. The molecular weight excluding hydrogens is 323 g/mol. The summed E-state index contributed by atoms with van der Waals surface area (Å²) in [5.74, 6) is 0.158. The Bertz CT molecular complexity index is 658. The second-order valence-electron chi connectivity index (χ2n) is 4.07. The smallest absolute Gasteiger partial charge is 0.305 e. The highest BCUT2D eigenvalue weighted by Gasteiger charge is 2.39. The first kappa shape index (κ1) is 13.7. The van der Waals surface area contributed by atoms with E-state index in [2.05, 4.69) is 15.0 Å². The predicted octanol–water partition coefficient (Wildman–Crippen LogP) is 2.86. The molecule has 1 aliphatic heterocycles. The molecule has 0 bridgehead atoms. The van der Waals surface area contributed by atoms with Crippen LogP contribution in [0, 0.1) is 6.92 Å². The average Bonchev–Trinajstić information content (AvgIpc) is 2.96. The topological polar surface area (TPSA) is 72.1 Å². The largest absolute Gasteiger partial charge is 0.431 e. The predicted molar refractivity (Wildman–Crippen MR) is 76.0 cm³/mol. The van der Waals surface area contributed by atoms with Crippen LogP contribution in [0.15, 0.2) is 17.0 Å². The molecule has 6 nitrogen and oxygen atoms in total. The van der Waals surface area contributed by atoms with E-state index in [0.29, 0.717) is 11.3 Å². The fourth-order valence-corrected chi connectivity index (χ4v) is 3.69. The number of hydrogen-bond donors (Lipinski definition) is 0. The number of carbonyl (C=O) groups is 1. The molecule has 1 amide bonds. The van der Waals surface area contributed by atoms with Crippen LogP contribution in [-0.2, 0) is 4.79 Å². The molecular formula is C11H8Cl2N4O2S. The Balaban J connectivity index is 2.06. The van der Waals surface area contributed by atoms with Gasteiger partial charge in [0.2, 0.25) is 5.91 Å². The third kappa shape index (κ3) is 2.25. The Morgan fingerprint density at radius 3 is 2.70 bits per heavy atom. The number of rotatable bonds is 2. The van der Waals surface area contributed by atoms with Crippen molar-refractivity contribution < 1.29 is 9.21 Å². The molecule has 0 aliphatic carbocycles. The highest BCUT2D eigenvalue weighted by molar-refractivity contribution is 8.00. The van der Waals surface area contributed by atoms with E-state index in [1.807, 2.05) is 0 Å². The fourth-order valence-electron chi connectivity index (χ4n) is 1.85. The first-order valence-electron chi connectivity index (χ1n) is 5.59. The second-order valence-corrected chi connectivity index (χ2v) is 5.85. The number of aromatic nitrogens is 3. The van der Waals surface area contributed by atoms with Crippen molar-refractivity contribution in [2.75, 3.05) is 10.7 Å². The highest BCUT2D eigenvalue weighted by Crippen LogP contribution is 2.45. The minimum atomic E-state index is -0.443. The third-order valence-electron chi connectivity index (χ3n) is 2.71. The van der Waals surface area contributed by atoms with Crippen LogP contribution in [0.2, 0.25) is 10.3 Å². The highest BCUT2D eigenvalue weighted by atomic mass is 35.5. The standard InChI is InChI=1S/C11H8Cl2N4O2S/c1-5-2-19-11(16-5)17-6(18)3-20-10(17)7-8(12)14-4-15-9(7)13/h2,4,10H,3H2,1H3. The van der Waals surface area contributed by atoms with Gasteiger partial charge in [0.05, 0.1) is 17.0 Å². The molecule has 3 heterocycles. The zero-order chi connectivity index (χ0) is 14.3. The fraction of sp³-hybridized carbons (Fsp3) is 0.273. The monoisotopic (exact) mass is 330 g/mol. The number of aryl methyl sites for hydroxylation is 1. The van der Waals surface area contributed by atoms with E-state index < -0.39 is 5.37 Å². The Morgan fingerprint density at radius 2 is 2.10 bits per heavy atom. The van der Waals surface area contributed by atoms with E-state index >= 15 is 0 Å². The van der Waals surface area contributed by atoms with Gasteiger partial charge < -0.3 is 4.42 Å². The Hall–Kier alpha value is -1.31. The summed E-state index contributed by atoms with van der Waals surface area (Å²) in [6.07, 6.45) is 2.75. The van der Waals surface area contributed by atoms with Gasteiger partial charge in [0.15, 0.2) is 0 Å². The number of nitrogens with zero attached hydrogens (tertiary/aromatic N) is 4. The molecule has 0 saturated carbocycles. The zero-order valence-electron chi connectivity index (χ0n) is 10.2. The first-order chi connectivity index (χ1) is 9.58. The van der Waals surface area contributed by atoms with Crippen molar-refractivity contribution in [3.8, 4) is 0 Å². The van der Waals surface area contributed by atoms with Gasteiger partial charge in [-0.15, -0.1) is 11.8 Å². The number of hydrogen-bond acceptors (Lipinski definition) is 6. The van der Waals surface area contributed by atoms with Crippen molar-refractivity contribution >= 4 is 46.9 Å². The first-order valence-corrected chi connectivity index (χ1v) is 7.40. The lowest BCUT2D eigenvalue weighted by molar-refractivity contribution is -0.116. The van der Waals surface area contributed by atoms with Gasteiger partial charge >= 0.3 is 6.01 Å². The van der Waals surface area contributed by atoms with Gasteiger partial charge in [-0.3, -0.25) is 4.79 Å². The molecule has 1 unspecified atom stereocenters. The molecule has 9 heteroatoms. The lowest BCUT2D eigenvalue weighted by Gasteiger charge is -2.21. The van der Waals surface area contributed by atoms with Gasteiger partial charge in [0.25, 0.3) is 0 Å². The summed E-state index contributed by atoms with van der Waals surface area (Å²) in [6.45, 7) is 1.78. The SMILES string of the molecule is Cc1coc(N2C(=O)CSC2c2c(Cl)ncnc2Cl)n1. The molecule has 20 heavy (non-hydrogen) atoms. The van der Waals surface area contributed by atoms with Crippen LogP contribution >= 0.6 is 35.0 Å². The molecule has 3 rings (SSSR count). The van der Waals surface area contributed by atoms with Crippen LogP contribution in [-0.4, -0.2) is 26.6 Å². The van der Waals surface area contributed by atoms with Crippen LogP contribution in [0.5, 0.6) is 0 Å². The maximum Gasteiger partial charge on any atom is 0.305 e. The number of carbonyl (C=O) groups excluding carboxylic acids is 1.